The standard InChI is InChI=1S/C14H9BrFN3OS2/c15-8-1-2-10(9(16)5-8)19-12(20)6-22-14-13-11(3-4-21-13)17-7-18-14/h1-5,7H,6H2,(H,19,20). The molecular weight excluding hydrogens is 389 g/mol. The van der Waals surface area contributed by atoms with Gasteiger partial charge in [-0.1, -0.05) is 27.7 Å². The van der Waals surface area contributed by atoms with Gasteiger partial charge >= 0.3 is 0 Å². The molecule has 1 amide bonds. The number of anilines is 1. The van der Waals surface area contributed by atoms with Crippen LogP contribution in [0.5, 0.6) is 0 Å². The molecule has 2 aromatic heterocycles. The minimum atomic E-state index is -0.476. The molecule has 0 aliphatic carbocycles. The summed E-state index contributed by atoms with van der Waals surface area (Å²) in [5.41, 5.74) is 1.03. The summed E-state index contributed by atoms with van der Waals surface area (Å²) in [6.45, 7) is 0. The molecule has 1 aromatic carbocycles. The summed E-state index contributed by atoms with van der Waals surface area (Å²) in [5, 5.41) is 5.24. The highest BCUT2D eigenvalue weighted by molar-refractivity contribution is 9.10. The number of aromatic nitrogens is 2. The van der Waals surface area contributed by atoms with E-state index in [0.29, 0.717) is 4.47 Å². The normalized spacial score (nSPS) is 10.8. The van der Waals surface area contributed by atoms with Crippen LogP contribution in [-0.2, 0) is 4.79 Å². The Morgan fingerprint density at radius 2 is 2.23 bits per heavy atom. The minimum absolute atomic E-state index is 0.152. The van der Waals surface area contributed by atoms with Crippen molar-refractivity contribution >= 4 is 60.8 Å². The molecule has 112 valence electrons. The lowest BCUT2D eigenvalue weighted by Crippen LogP contribution is -2.15. The second kappa shape index (κ2) is 6.72. The summed E-state index contributed by atoms with van der Waals surface area (Å²) in [7, 11) is 0. The van der Waals surface area contributed by atoms with Gasteiger partial charge in [0.2, 0.25) is 5.91 Å². The van der Waals surface area contributed by atoms with Crippen LogP contribution in [0.3, 0.4) is 0 Å². The maximum Gasteiger partial charge on any atom is 0.234 e. The quantitative estimate of drug-likeness (QED) is 0.525. The predicted octanol–water partition coefficient (Wildman–Crippen LogP) is 4.32. The fourth-order valence-corrected chi connectivity index (χ4v) is 3.86. The van der Waals surface area contributed by atoms with Crippen LogP contribution in [0.1, 0.15) is 0 Å². The number of fused-ring (bicyclic) bond motifs is 1. The van der Waals surface area contributed by atoms with Crippen molar-refractivity contribution in [3.63, 3.8) is 0 Å². The summed E-state index contributed by atoms with van der Waals surface area (Å²) in [5.74, 6) is -0.607. The molecule has 8 heteroatoms. The maximum atomic E-state index is 13.7. The van der Waals surface area contributed by atoms with Crippen molar-refractivity contribution in [2.45, 2.75) is 5.03 Å². The Hall–Kier alpha value is -1.51. The zero-order chi connectivity index (χ0) is 15.5. The van der Waals surface area contributed by atoms with Gasteiger partial charge in [0.15, 0.2) is 0 Å². The highest BCUT2D eigenvalue weighted by Gasteiger charge is 2.11. The largest absolute Gasteiger partial charge is 0.323 e. The Labute approximate surface area is 142 Å². The van der Waals surface area contributed by atoms with Crippen LogP contribution in [0.15, 0.2) is 45.5 Å². The summed E-state index contributed by atoms with van der Waals surface area (Å²) in [4.78, 5) is 20.3. The van der Waals surface area contributed by atoms with Crippen molar-refractivity contribution in [1.29, 1.82) is 0 Å². The molecule has 3 rings (SSSR count). The summed E-state index contributed by atoms with van der Waals surface area (Å²) < 4.78 is 15.2. The average molecular weight is 398 g/mol. The first-order chi connectivity index (χ1) is 10.6. The van der Waals surface area contributed by atoms with E-state index in [9.17, 15) is 9.18 Å². The van der Waals surface area contributed by atoms with Gasteiger partial charge < -0.3 is 5.32 Å². The number of hydrogen-bond acceptors (Lipinski definition) is 5. The van der Waals surface area contributed by atoms with E-state index < -0.39 is 5.82 Å². The highest BCUT2D eigenvalue weighted by atomic mass is 79.9. The van der Waals surface area contributed by atoms with Gasteiger partial charge in [0.25, 0.3) is 0 Å². The second-order valence-corrected chi connectivity index (χ2v) is 7.07. The van der Waals surface area contributed by atoms with Crippen LogP contribution >= 0.6 is 39.0 Å². The number of halogens is 2. The van der Waals surface area contributed by atoms with Gasteiger partial charge in [-0.3, -0.25) is 4.79 Å². The van der Waals surface area contributed by atoms with E-state index in [-0.39, 0.29) is 17.3 Å². The monoisotopic (exact) mass is 397 g/mol. The molecule has 2 heterocycles. The lowest BCUT2D eigenvalue weighted by atomic mass is 10.3. The number of thiophene rings is 1. The number of carbonyl (C=O) groups excluding carboxylic acids is 1. The first-order valence-electron chi connectivity index (χ1n) is 6.19. The van der Waals surface area contributed by atoms with Gasteiger partial charge in [-0.05, 0) is 29.6 Å². The van der Waals surface area contributed by atoms with Crippen LogP contribution in [0.4, 0.5) is 10.1 Å². The second-order valence-electron chi connectivity index (χ2n) is 4.27. The third-order valence-corrected chi connectivity index (χ3v) is 5.28. The van der Waals surface area contributed by atoms with Crippen LogP contribution in [0.2, 0.25) is 0 Å². The van der Waals surface area contributed by atoms with Crippen molar-refractivity contribution in [2.75, 3.05) is 11.1 Å². The van der Waals surface area contributed by atoms with Crippen molar-refractivity contribution in [3.05, 3.63) is 46.3 Å². The lowest BCUT2D eigenvalue weighted by Gasteiger charge is -2.06. The Kier molecular flexibility index (Phi) is 4.70. The topological polar surface area (TPSA) is 54.9 Å². The van der Waals surface area contributed by atoms with E-state index in [2.05, 4.69) is 31.2 Å². The highest BCUT2D eigenvalue weighted by Crippen LogP contribution is 2.28. The average Bonchev–Trinajstić information content (AvgIpc) is 2.97. The van der Waals surface area contributed by atoms with Gasteiger partial charge in [0.1, 0.15) is 17.2 Å². The fraction of sp³-hybridized carbons (Fsp3) is 0.0714. The van der Waals surface area contributed by atoms with E-state index in [1.54, 1.807) is 6.07 Å². The Morgan fingerprint density at radius 1 is 1.36 bits per heavy atom. The number of hydrogen-bond donors (Lipinski definition) is 1. The molecule has 0 spiro atoms. The molecule has 22 heavy (non-hydrogen) atoms. The van der Waals surface area contributed by atoms with Crippen LogP contribution in [0, 0.1) is 5.82 Å². The van der Waals surface area contributed by atoms with Gasteiger partial charge in [0, 0.05) is 4.47 Å². The molecule has 0 aliphatic rings. The molecule has 4 nitrogen and oxygen atoms in total. The molecule has 0 saturated heterocycles. The van der Waals surface area contributed by atoms with E-state index in [1.165, 1.54) is 41.6 Å². The number of nitrogens with one attached hydrogen (secondary N) is 1. The van der Waals surface area contributed by atoms with E-state index >= 15 is 0 Å². The number of amides is 1. The zero-order valence-electron chi connectivity index (χ0n) is 11.0. The Bertz CT molecular complexity index is 840. The first kappa shape index (κ1) is 15.4. The third kappa shape index (κ3) is 3.45. The fourth-order valence-electron chi connectivity index (χ4n) is 1.78. The molecule has 0 unspecified atom stereocenters. The number of nitrogens with zero attached hydrogens (tertiary/aromatic N) is 2. The number of rotatable bonds is 4. The van der Waals surface area contributed by atoms with E-state index in [4.69, 9.17) is 0 Å². The van der Waals surface area contributed by atoms with Crippen molar-refractivity contribution in [3.8, 4) is 0 Å². The molecule has 3 aromatic rings. The maximum absolute atomic E-state index is 13.7. The summed E-state index contributed by atoms with van der Waals surface area (Å²) >= 11 is 6.01. The first-order valence-corrected chi connectivity index (χ1v) is 8.85. The van der Waals surface area contributed by atoms with Gasteiger partial charge in [0.05, 0.1) is 21.7 Å². The molecule has 0 saturated carbocycles. The molecule has 0 aliphatic heterocycles. The Morgan fingerprint density at radius 3 is 3.05 bits per heavy atom. The van der Waals surface area contributed by atoms with Gasteiger partial charge in [-0.2, -0.15) is 0 Å². The smallest absolute Gasteiger partial charge is 0.234 e. The minimum Gasteiger partial charge on any atom is -0.323 e. The Balaban J connectivity index is 1.66. The molecular formula is C14H9BrFN3OS2. The predicted molar refractivity (Wildman–Crippen MR) is 90.9 cm³/mol. The lowest BCUT2D eigenvalue weighted by molar-refractivity contribution is -0.113. The van der Waals surface area contributed by atoms with Gasteiger partial charge in [-0.25, -0.2) is 14.4 Å². The van der Waals surface area contributed by atoms with E-state index in [0.717, 1.165) is 15.2 Å². The van der Waals surface area contributed by atoms with Crippen LogP contribution in [-0.4, -0.2) is 21.6 Å². The molecule has 1 N–H and O–H groups in total. The number of carbonyl (C=O) groups is 1. The summed E-state index contributed by atoms with van der Waals surface area (Å²) in [6.07, 6.45) is 1.48. The van der Waals surface area contributed by atoms with Crippen LogP contribution in [0.25, 0.3) is 10.2 Å². The SMILES string of the molecule is O=C(CSc1ncnc2ccsc12)Nc1ccc(Br)cc1F. The molecule has 0 fully saturated rings. The van der Waals surface area contributed by atoms with Crippen LogP contribution < -0.4 is 5.32 Å². The van der Waals surface area contributed by atoms with Crippen molar-refractivity contribution < 1.29 is 9.18 Å². The van der Waals surface area contributed by atoms with Crippen molar-refractivity contribution in [1.82, 2.24) is 9.97 Å². The zero-order valence-corrected chi connectivity index (χ0v) is 14.3. The molecule has 0 bridgehead atoms. The van der Waals surface area contributed by atoms with Crippen molar-refractivity contribution in [2.24, 2.45) is 0 Å². The van der Waals surface area contributed by atoms with Gasteiger partial charge in [-0.15, -0.1) is 11.3 Å². The molecule has 0 radical (unpaired) electrons. The molecule has 0 atom stereocenters. The summed E-state index contributed by atoms with van der Waals surface area (Å²) in [6, 6.07) is 6.40. The number of thioether (sulfide) groups is 1. The third-order valence-electron chi connectivity index (χ3n) is 2.76. The number of benzene rings is 1. The van der Waals surface area contributed by atoms with E-state index in [1.807, 2.05) is 11.4 Å².